The molecule has 110 valence electrons. The molecular weight excluding hydrogens is 286 g/mol. The summed E-state index contributed by atoms with van der Waals surface area (Å²) >= 11 is 0. The maximum Gasteiger partial charge on any atom is 0.178 e. The zero-order valence-corrected chi connectivity index (χ0v) is 12.3. The molecule has 0 aromatic heterocycles. The highest BCUT2D eigenvalue weighted by molar-refractivity contribution is 7.91. The molecule has 21 heavy (non-hydrogen) atoms. The molecular formula is C16H17NO3S. The van der Waals surface area contributed by atoms with Gasteiger partial charge in [-0.1, -0.05) is 36.4 Å². The van der Waals surface area contributed by atoms with Gasteiger partial charge in [0.15, 0.2) is 9.84 Å². The van der Waals surface area contributed by atoms with E-state index in [1.807, 2.05) is 30.3 Å². The number of hydrogen-bond acceptors (Lipinski definition) is 4. The maximum atomic E-state index is 12.2. The molecule has 2 aromatic carbocycles. The second-order valence-corrected chi connectivity index (χ2v) is 7.37. The lowest BCUT2D eigenvalue weighted by molar-refractivity contribution is 0.204. The Hall–Kier alpha value is -1.85. The zero-order chi connectivity index (χ0) is 14.9. The van der Waals surface area contributed by atoms with Crippen molar-refractivity contribution in [3.8, 4) is 0 Å². The van der Waals surface area contributed by atoms with Crippen molar-refractivity contribution in [1.82, 2.24) is 0 Å². The van der Waals surface area contributed by atoms with Gasteiger partial charge in [0.05, 0.1) is 22.8 Å². The van der Waals surface area contributed by atoms with Gasteiger partial charge in [-0.25, -0.2) is 8.42 Å². The largest absolute Gasteiger partial charge is 0.394 e. The van der Waals surface area contributed by atoms with Gasteiger partial charge in [-0.05, 0) is 30.2 Å². The Kier molecular flexibility index (Phi) is 3.47. The number of rotatable bonds is 3. The quantitative estimate of drug-likeness (QED) is 0.912. The molecule has 0 radical (unpaired) electrons. The normalized spacial score (nSPS) is 23.3. The molecule has 0 fully saturated rings. The first kappa shape index (κ1) is 14.1. The topological polar surface area (TPSA) is 66.4 Å². The predicted molar refractivity (Wildman–Crippen MR) is 81.9 cm³/mol. The molecule has 0 saturated heterocycles. The predicted octanol–water partition coefficient (Wildman–Crippen LogP) is 2.16. The zero-order valence-electron chi connectivity index (χ0n) is 11.5. The third-order valence-corrected chi connectivity index (χ3v) is 5.73. The summed E-state index contributed by atoms with van der Waals surface area (Å²) in [5, 5.41) is 13.3. The molecule has 5 heteroatoms. The van der Waals surface area contributed by atoms with E-state index < -0.39 is 15.4 Å². The van der Waals surface area contributed by atoms with E-state index in [-0.39, 0.29) is 12.4 Å². The van der Waals surface area contributed by atoms with Crippen LogP contribution in [0.15, 0.2) is 59.5 Å². The van der Waals surface area contributed by atoms with Crippen molar-refractivity contribution in [3.63, 3.8) is 0 Å². The van der Waals surface area contributed by atoms with Crippen LogP contribution < -0.4 is 5.32 Å². The molecule has 1 unspecified atom stereocenters. The van der Waals surface area contributed by atoms with Crippen LogP contribution in [0.3, 0.4) is 0 Å². The van der Waals surface area contributed by atoms with Crippen molar-refractivity contribution >= 4 is 15.5 Å². The summed E-state index contributed by atoms with van der Waals surface area (Å²) in [5.41, 5.74) is 0.742. The summed E-state index contributed by atoms with van der Waals surface area (Å²) in [6.45, 7) is -0.158. The summed E-state index contributed by atoms with van der Waals surface area (Å²) in [7, 11) is -3.27. The number of fused-ring (bicyclic) bond motifs is 1. The minimum atomic E-state index is -3.27. The number of nitrogens with one attached hydrogen (secondary N) is 1. The van der Waals surface area contributed by atoms with Crippen molar-refractivity contribution in [1.29, 1.82) is 0 Å². The van der Waals surface area contributed by atoms with E-state index >= 15 is 0 Å². The van der Waals surface area contributed by atoms with E-state index in [0.29, 0.717) is 16.9 Å². The van der Waals surface area contributed by atoms with Crippen LogP contribution in [0.2, 0.25) is 0 Å². The standard InChI is InChI=1S/C16H17NO3S/c18-12-16(17-13-6-2-1-3-7-13)10-11-21(19,20)15-9-5-4-8-14(15)16/h1-9,17-18H,10-12H2. The molecule has 4 nitrogen and oxygen atoms in total. The van der Waals surface area contributed by atoms with Gasteiger partial charge < -0.3 is 10.4 Å². The number of para-hydroxylation sites is 1. The first-order chi connectivity index (χ1) is 10.1. The van der Waals surface area contributed by atoms with Crippen LogP contribution in [0.25, 0.3) is 0 Å². The Morgan fingerprint density at radius 3 is 2.43 bits per heavy atom. The number of anilines is 1. The highest BCUT2D eigenvalue weighted by Crippen LogP contribution is 2.39. The number of sulfone groups is 1. The van der Waals surface area contributed by atoms with E-state index in [1.54, 1.807) is 24.3 Å². The molecule has 2 N–H and O–H groups in total. The Balaban J connectivity index is 2.11. The third-order valence-electron chi connectivity index (χ3n) is 3.96. The number of aliphatic hydroxyl groups excluding tert-OH is 1. The molecule has 0 bridgehead atoms. The van der Waals surface area contributed by atoms with Gasteiger partial charge in [-0.2, -0.15) is 0 Å². The van der Waals surface area contributed by atoms with E-state index in [4.69, 9.17) is 0 Å². The van der Waals surface area contributed by atoms with Crippen molar-refractivity contribution in [2.24, 2.45) is 0 Å². The van der Waals surface area contributed by atoms with Gasteiger partial charge in [0.25, 0.3) is 0 Å². The summed E-state index contributed by atoms with van der Waals surface area (Å²) in [4.78, 5) is 0.314. The van der Waals surface area contributed by atoms with Crippen LogP contribution >= 0.6 is 0 Å². The molecule has 1 aliphatic heterocycles. The average molecular weight is 303 g/mol. The second kappa shape index (κ2) is 5.16. The first-order valence-corrected chi connectivity index (χ1v) is 8.49. The van der Waals surface area contributed by atoms with Crippen LogP contribution in [0.4, 0.5) is 5.69 Å². The summed E-state index contributed by atoms with van der Waals surface area (Å²) < 4.78 is 24.4. The molecule has 0 amide bonds. The smallest absolute Gasteiger partial charge is 0.178 e. The van der Waals surface area contributed by atoms with Crippen LogP contribution in [-0.4, -0.2) is 25.9 Å². The minimum absolute atomic E-state index is 0.0321. The van der Waals surface area contributed by atoms with E-state index in [2.05, 4.69) is 5.32 Å². The highest BCUT2D eigenvalue weighted by atomic mass is 32.2. The van der Waals surface area contributed by atoms with E-state index in [1.165, 1.54) is 0 Å². The molecule has 0 saturated carbocycles. The summed E-state index contributed by atoms with van der Waals surface area (Å²) in [6, 6.07) is 16.4. The molecule has 3 rings (SSSR count). The molecule has 1 heterocycles. The SMILES string of the molecule is O=S1(=O)CCC(CO)(Nc2ccccc2)c2ccccc21. The van der Waals surface area contributed by atoms with Crippen molar-refractivity contribution in [2.45, 2.75) is 16.9 Å². The number of hydrogen-bond donors (Lipinski definition) is 2. The van der Waals surface area contributed by atoms with Gasteiger partial charge in [0, 0.05) is 5.69 Å². The maximum absolute atomic E-state index is 12.2. The molecule has 0 aliphatic carbocycles. The Labute approximate surface area is 124 Å². The summed E-state index contributed by atoms with van der Waals surface area (Å²) in [6.07, 6.45) is 0.345. The lowest BCUT2D eigenvalue weighted by Crippen LogP contribution is -2.45. The van der Waals surface area contributed by atoms with E-state index in [9.17, 15) is 13.5 Å². The minimum Gasteiger partial charge on any atom is -0.394 e. The fourth-order valence-electron chi connectivity index (χ4n) is 2.82. The molecule has 1 aliphatic rings. The van der Waals surface area contributed by atoms with Crippen LogP contribution in [0.1, 0.15) is 12.0 Å². The third kappa shape index (κ3) is 2.43. The highest BCUT2D eigenvalue weighted by Gasteiger charge is 2.41. The van der Waals surface area contributed by atoms with Gasteiger partial charge in [0.2, 0.25) is 0 Å². The lowest BCUT2D eigenvalue weighted by atomic mass is 9.87. The van der Waals surface area contributed by atoms with Crippen molar-refractivity contribution in [3.05, 3.63) is 60.2 Å². The Morgan fingerprint density at radius 1 is 1.05 bits per heavy atom. The van der Waals surface area contributed by atoms with Crippen LogP contribution in [-0.2, 0) is 15.4 Å². The molecule has 0 spiro atoms. The monoisotopic (exact) mass is 303 g/mol. The first-order valence-electron chi connectivity index (χ1n) is 6.84. The van der Waals surface area contributed by atoms with Gasteiger partial charge >= 0.3 is 0 Å². The second-order valence-electron chi connectivity index (χ2n) is 5.30. The molecule has 2 aromatic rings. The molecule has 1 atom stereocenters. The number of benzene rings is 2. The fraction of sp³-hybridized carbons (Fsp3) is 0.250. The van der Waals surface area contributed by atoms with Crippen LogP contribution in [0, 0.1) is 0 Å². The van der Waals surface area contributed by atoms with Crippen molar-refractivity contribution in [2.75, 3.05) is 17.7 Å². The average Bonchev–Trinajstić information content (AvgIpc) is 2.52. The Morgan fingerprint density at radius 2 is 1.71 bits per heavy atom. The Bertz CT molecular complexity index is 743. The van der Waals surface area contributed by atoms with E-state index in [0.717, 1.165) is 5.69 Å². The van der Waals surface area contributed by atoms with Gasteiger partial charge in [0.1, 0.15) is 0 Å². The van der Waals surface area contributed by atoms with Crippen molar-refractivity contribution < 1.29 is 13.5 Å². The number of aliphatic hydroxyl groups is 1. The van der Waals surface area contributed by atoms with Gasteiger partial charge in [-0.15, -0.1) is 0 Å². The lowest BCUT2D eigenvalue weighted by Gasteiger charge is -2.39. The van der Waals surface area contributed by atoms with Gasteiger partial charge in [-0.3, -0.25) is 0 Å². The fourth-order valence-corrected chi connectivity index (χ4v) is 4.54. The summed E-state index contributed by atoms with van der Waals surface area (Å²) in [5.74, 6) is 0.0321. The van der Waals surface area contributed by atoms with Crippen LogP contribution in [0.5, 0.6) is 0 Å².